The van der Waals surface area contributed by atoms with Crippen molar-refractivity contribution in [2.24, 2.45) is 5.73 Å². The summed E-state index contributed by atoms with van der Waals surface area (Å²) in [5, 5.41) is 0. The molecule has 4 nitrogen and oxygen atoms in total. The number of hydrogen-bond donors (Lipinski definition) is 2. The Kier molecular flexibility index (Phi) is 6.02. The number of halogens is 4. The number of nitrogens with one attached hydrogen (secondary N) is 1. The van der Waals surface area contributed by atoms with Crippen molar-refractivity contribution in [3.63, 3.8) is 0 Å². The zero-order chi connectivity index (χ0) is 16.3. The molecular weight excluding hydrogens is 332 g/mol. The molecule has 0 amide bonds. The van der Waals surface area contributed by atoms with Gasteiger partial charge in [0.15, 0.2) is 0 Å². The summed E-state index contributed by atoms with van der Waals surface area (Å²) < 4.78 is 75.4. The Bertz CT molecular complexity index is 603. The van der Waals surface area contributed by atoms with Crippen LogP contribution in [-0.4, -0.2) is 26.2 Å². The molecule has 21 heavy (non-hydrogen) atoms. The normalized spacial score (nSPS) is 12.7. The molecule has 0 spiro atoms. The molecule has 0 saturated heterocycles. The van der Waals surface area contributed by atoms with Gasteiger partial charge in [0.05, 0.1) is 4.90 Å². The van der Waals surface area contributed by atoms with Gasteiger partial charge in [-0.2, -0.15) is 13.2 Å². The molecule has 1 aromatic rings. The van der Waals surface area contributed by atoms with E-state index >= 15 is 0 Å². The van der Waals surface area contributed by atoms with Gasteiger partial charge >= 0.3 is 5.51 Å². The highest BCUT2D eigenvalue weighted by molar-refractivity contribution is 8.00. The largest absolute Gasteiger partial charge is 0.441 e. The highest BCUT2D eigenvalue weighted by Gasteiger charge is 2.28. The Morgan fingerprint density at radius 2 is 1.95 bits per heavy atom. The molecule has 1 aromatic carbocycles. The van der Waals surface area contributed by atoms with Crippen molar-refractivity contribution in [2.75, 3.05) is 12.3 Å². The number of sulfonamides is 1. The van der Waals surface area contributed by atoms with E-state index in [1.165, 1.54) is 13.0 Å². The molecule has 0 heterocycles. The lowest BCUT2D eigenvalue weighted by Gasteiger charge is -2.12. The van der Waals surface area contributed by atoms with Crippen molar-refractivity contribution in [3.05, 3.63) is 29.1 Å². The van der Waals surface area contributed by atoms with Gasteiger partial charge < -0.3 is 5.73 Å². The molecule has 0 aliphatic rings. The highest BCUT2D eigenvalue weighted by Crippen LogP contribution is 2.29. The van der Waals surface area contributed by atoms with E-state index < -0.39 is 33.6 Å². The molecule has 0 aromatic heterocycles. The second-order valence-corrected chi connectivity index (χ2v) is 6.99. The van der Waals surface area contributed by atoms with Crippen LogP contribution in [0.1, 0.15) is 11.1 Å². The Balaban J connectivity index is 2.86. The minimum Gasteiger partial charge on any atom is -0.326 e. The fourth-order valence-corrected chi connectivity index (χ4v) is 3.42. The van der Waals surface area contributed by atoms with E-state index in [4.69, 9.17) is 5.73 Å². The lowest BCUT2D eigenvalue weighted by atomic mass is 10.1. The molecule has 120 valence electrons. The van der Waals surface area contributed by atoms with Gasteiger partial charge in [0.1, 0.15) is 5.82 Å². The number of thioether (sulfide) groups is 1. The van der Waals surface area contributed by atoms with E-state index in [2.05, 4.69) is 0 Å². The maximum atomic E-state index is 13.6. The predicted molar refractivity (Wildman–Crippen MR) is 72.7 cm³/mol. The van der Waals surface area contributed by atoms with Crippen molar-refractivity contribution in [1.29, 1.82) is 0 Å². The van der Waals surface area contributed by atoms with Gasteiger partial charge in [0, 0.05) is 24.4 Å². The van der Waals surface area contributed by atoms with Gasteiger partial charge in [0.25, 0.3) is 0 Å². The second kappa shape index (κ2) is 6.95. The van der Waals surface area contributed by atoms with Crippen molar-refractivity contribution in [3.8, 4) is 0 Å². The average Bonchev–Trinajstić information content (AvgIpc) is 2.36. The first kappa shape index (κ1) is 18.2. The summed E-state index contributed by atoms with van der Waals surface area (Å²) in [7, 11) is -4.09. The van der Waals surface area contributed by atoms with Crippen LogP contribution in [0.4, 0.5) is 17.6 Å². The van der Waals surface area contributed by atoms with Gasteiger partial charge in [-0.3, -0.25) is 0 Å². The lowest BCUT2D eigenvalue weighted by Crippen LogP contribution is -2.27. The molecule has 1 rings (SSSR count). The summed E-state index contributed by atoms with van der Waals surface area (Å²) in [6.45, 7) is 0.804. The standard InChI is InChI=1S/C11H14F4N2O2S2/c1-7-9(12)4-8(6-16)5-10(7)21(18,19)17-2-3-20-11(13,14)15/h4-5,17H,2-3,6,16H2,1H3. The Morgan fingerprint density at radius 1 is 1.33 bits per heavy atom. The van der Waals surface area contributed by atoms with Gasteiger partial charge in [-0.25, -0.2) is 17.5 Å². The Morgan fingerprint density at radius 3 is 2.48 bits per heavy atom. The predicted octanol–water partition coefficient (Wildman–Crippen LogP) is 2.12. The number of nitrogens with two attached hydrogens (primary N) is 1. The van der Waals surface area contributed by atoms with Crippen LogP contribution in [0, 0.1) is 12.7 Å². The van der Waals surface area contributed by atoms with Crippen LogP contribution in [0.3, 0.4) is 0 Å². The van der Waals surface area contributed by atoms with E-state index in [0.29, 0.717) is 0 Å². The zero-order valence-corrected chi connectivity index (χ0v) is 12.6. The first-order valence-corrected chi connectivity index (χ1v) is 8.23. The van der Waals surface area contributed by atoms with Gasteiger partial charge in [0.2, 0.25) is 10.0 Å². The van der Waals surface area contributed by atoms with Crippen LogP contribution < -0.4 is 10.5 Å². The van der Waals surface area contributed by atoms with Crippen LogP contribution in [-0.2, 0) is 16.6 Å². The van der Waals surface area contributed by atoms with E-state index in [-0.39, 0.29) is 34.3 Å². The molecule has 0 fully saturated rings. The third-order valence-corrected chi connectivity index (χ3v) is 4.86. The molecule has 0 atom stereocenters. The number of alkyl halides is 3. The maximum Gasteiger partial charge on any atom is 0.441 e. The molecule has 0 unspecified atom stereocenters. The molecule has 3 N–H and O–H groups in total. The highest BCUT2D eigenvalue weighted by atomic mass is 32.2. The molecule has 0 saturated carbocycles. The first-order chi connectivity index (χ1) is 9.57. The quantitative estimate of drug-likeness (QED) is 0.611. The van der Waals surface area contributed by atoms with E-state index in [1.807, 2.05) is 4.72 Å². The van der Waals surface area contributed by atoms with Crippen molar-refractivity contribution in [1.82, 2.24) is 4.72 Å². The minimum atomic E-state index is -4.42. The summed E-state index contributed by atoms with van der Waals surface area (Å²) >= 11 is -0.337. The zero-order valence-electron chi connectivity index (χ0n) is 11.0. The van der Waals surface area contributed by atoms with Crippen LogP contribution in [0.5, 0.6) is 0 Å². The number of benzene rings is 1. The van der Waals surface area contributed by atoms with Crippen LogP contribution in [0.15, 0.2) is 17.0 Å². The first-order valence-electron chi connectivity index (χ1n) is 5.76. The Hall–Kier alpha value is -0.840. The number of hydrogen-bond acceptors (Lipinski definition) is 4. The van der Waals surface area contributed by atoms with E-state index in [9.17, 15) is 26.0 Å². The fourth-order valence-electron chi connectivity index (χ4n) is 1.52. The monoisotopic (exact) mass is 346 g/mol. The molecule has 0 radical (unpaired) electrons. The molecule has 10 heteroatoms. The average molecular weight is 346 g/mol. The Labute approximate surface area is 124 Å². The van der Waals surface area contributed by atoms with Crippen molar-refractivity contribution in [2.45, 2.75) is 23.9 Å². The summed E-state index contributed by atoms with van der Waals surface area (Å²) in [5.74, 6) is -1.20. The second-order valence-electron chi connectivity index (χ2n) is 4.10. The van der Waals surface area contributed by atoms with Crippen LogP contribution in [0.25, 0.3) is 0 Å². The summed E-state index contributed by atoms with van der Waals surface area (Å²) in [6.07, 6.45) is 0. The summed E-state index contributed by atoms with van der Waals surface area (Å²) in [5.41, 5.74) is 1.09. The molecule has 0 bridgehead atoms. The third kappa shape index (κ3) is 5.46. The molecule has 0 aliphatic heterocycles. The van der Waals surface area contributed by atoms with Gasteiger partial charge in [-0.05, 0) is 36.4 Å². The van der Waals surface area contributed by atoms with Gasteiger partial charge in [-0.1, -0.05) is 0 Å². The smallest absolute Gasteiger partial charge is 0.326 e. The summed E-state index contributed by atoms with van der Waals surface area (Å²) in [6, 6.07) is 2.32. The van der Waals surface area contributed by atoms with Crippen LogP contribution >= 0.6 is 11.8 Å². The van der Waals surface area contributed by atoms with E-state index in [0.717, 1.165) is 6.07 Å². The summed E-state index contributed by atoms with van der Waals surface area (Å²) in [4.78, 5) is -0.319. The SMILES string of the molecule is Cc1c(F)cc(CN)cc1S(=O)(=O)NCCSC(F)(F)F. The van der Waals surface area contributed by atoms with Gasteiger partial charge in [-0.15, -0.1) is 0 Å². The fraction of sp³-hybridized carbons (Fsp3) is 0.455. The molecule has 0 aliphatic carbocycles. The lowest BCUT2D eigenvalue weighted by molar-refractivity contribution is -0.0327. The minimum absolute atomic E-state index is 0.0519. The number of rotatable bonds is 6. The van der Waals surface area contributed by atoms with Crippen molar-refractivity contribution < 1.29 is 26.0 Å². The molecular formula is C11H14F4N2O2S2. The third-order valence-electron chi connectivity index (χ3n) is 2.54. The maximum absolute atomic E-state index is 13.6. The van der Waals surface area contributed by atoms with Crippen LogP contribution in [0.2, 0.25) is 0 Å². The van der Waals surface area contributed by atoms with E-state index in [1.54, 1.807) is 0 Å². The topological polar surface area (TPSA) is 72.2 Å². The van der Waals surface area contributed by atoms with Crippen molar-refractivity contribution >= 4 is 21.8 Å².